The minimum Gasteiger partial charge on any atom is -0.311 e. The second kappa shape index (κ2) is 4.61. The van der Waals surface area contributed by atoms with E-state index < -0.39 is 0 Å². The molecule has 0 aromatic carbocycles. The predicted molar refractivity (Wildman–Crippen MR) is 78.5 cm³/mol. The standard InChI is InChI=1S/C14H19N5O2/c1-7(2)19-13-12(14(21)17-19)9(5-11(20)15-13)10-6-18(4)16-8(10)3/h6-7,9H,5H2,1-4H3,(H,15,20)(H,17,21)/t9-/m0/s1. The lowest BCUT2D eigenvalue weighted by atomic mass is 9.87. The van der Waals surface area contributed by atoms with Crippen LogP contribution in [0.1, 0.15) is 49.0 Å². The molecule has 1 aliphatic rings. The van der Waals surface area contributed by atoms with E-state index in [2.05, 4.69) is 15.5 Å². The van der Waals surface area contributed by atoms with Crippen LogP contribution in [0.5, 0.6) is 0 Å². The molecule has 2 N–H and O–H groups in total. The fourth-order valence-corrected chi connectivity index (χ4v) is 3.00. The third-order valence-electron chi connectivity index (χ3n) is 3.90. The van der Waals surface area contributed by atoms with E-state index in [1.165, 1.54) is 0 Å². The molecule has 0 aliphatic carbocycles. The van der Waals surface area contributed by atoms with Crippen LogP contribution in [0, 0.1) is 6.92 Å². The Kier molecular flexibility index (Phi) is 3.00. The van der Waals surface area contributed by atoms with Gasteiger partial charge in [0.15, 0.2) is 0 Å². The van der Waals surface area contributed by atoms with Gasteiger partial charge in [-0.1, -0.05) is 0 Å². The van der Waals surface area contributed by atoms with E-state index >= 15 is 0 Å². The highest BCUT2D eigenvalue weighted by molar-refractivity contribution is 5.94. The van der Waals surface area contributed by atoms with Crippen LogP contribution >= 0.6 is 0 Å². The lowest BCUT2D eigenvalue weighted by Gasteiger charge is -2.23. The van der Waals surface area contributed by atoms with Crippen molar-refractivity contribution in [2.24, 2.45) is 7.05 Å². The van der Waals surface area contributed by atoms with Gasteiger partial charge < -0.3 is 5.32 Å². The first-order valence-electron chi connectivity index (χ1n) is 7.03. The van der Waals surface area contributed by atoms with Crippen LogP contribution < -0.4 is 10.9 Å². The number of amides is 1. The van der Waals surface area contributed by atoms with Gasteiger partial charge in [-0.25, -0.2) is 0 Å². The van der Waals surface area contributed by atoms with Crippen molar-refractivity contribution in [3.05, 3.63) is 33.4 Å². The fourth-order valence-electron chi connectivity index (χ4n) is 3.00. The van der Waals surface area contributed by atoms with Crippen molar-refractivity contribution in [3.8, 4) is 0 Å². The van der Waals surface area contributed by atoms with Crippen molar-refractivity contribution < 1.29 is 4.79 Å². The molecule has 0 radical (unpaired) electrons. The van der Waals surface area contributed by atoms with Gasteiger partial charge >= 0.3 is 0 Å². The smallest absolute Gasteiger partial charge is 0.270 e. The zero-order chi connectivity index (χ0) is 15.3. The van der Waals surface area contributed by atoms with Gasteiger partial charge in [-0.3, -0.25) is 24.1 Å². The number of nitrogens with zero attached hydrogens (tertiary/aromatic N) is 3. The van der Waals surface area contributed by atoms with Crippen molar-refractivity contribution in [1.82, 2.24) is 19.6 Å². The summed E-state index contributed by atoms with van der Waals surface area (Å²) >= 11 is 0. The number of fused-ring (bicyclic) bond motifs is 1. The van der Waals surface area contributed by atoms with E-state index in [1.807, 2.05) is 34.0 Å². The van der Waals surface area contributed by atoms with E-state index in [0.717, 1.165) is 11.3 Å². The summed E-state index contributed by atoms with van der Waals surface area (Å²) in [6.45, 7) is 5.82. The first-order valence-corrected chi connectivity index (χ1v) is 7.03. The molecular weight excluding hydrogens is 270 g/mol. The molecule has 1 aliphatic heterocycles. The van der Waals surface area contributed by atoms with Crippen molar-refractivity contribution in [2.45, 2.75) is 39.2 Å². The number of carbonyl (C=O) groups excluding carboxylic acids is 1. The number of anilines is 1. The van der Waals surface area contributed by atoms with Gasteiger partial charge in [-0.15, -0.1) is 0 Å². The highest BCUT2D eigenvalue weighted by Gasteiger charge is 2.34. The van der Waals surface area contributed by atoms with Crippen LogP contribution in [0.2, 0.25) is 0 Å². The van der Waals surface area contributed by atoms with Gasteiger partial charge in [0.05, 0.1) is 11.3 Å². The molecule has 21 heavy (non-hydrogen) atoms. The quantitative estimate of drug-likeness (QED) is 0.873. The van der Waals surface area contributed by atoms with Gasteiger partial charge in [0.2, 0.25) is 5.91 Å². The number of aryl methyl sites for hydroxylation is 2. The van der Waals surface area contributed by atoms with Crippen molar-refractivity contribution in [2.75, 3.05) is 5.32 Å². The van der Waals surface area contributed by atoms with E-state index in [9.17, 15) is 9.59 Å². The molecular formula is C14H19N5O2. The molecule has 0 saturated carbocycles. The normalized spacial score (nSPS) is 18.0. The lowest BCUT2D eigenvalue weighted by molar-refractivity contribution is -0.116. The molecule has 1 amide bonds. The lowest BCUT2D eigenvalue weighted by Crippen LogP contribution is -2.27. The summed E-state index contributed by atoms with van der Waals surface area (Å²) in [7, 11) is 1.84. The summed E-state index contributed by atoms with van der Waals surface area (Å²) in [5.74, 6) is 0.259. The van der Waals surface area contributed by atoms with E-state index in [0.29, 0.717) is 11.4 Å². The maximum Gasteiger partial charge on any atom is 0.270 e. The van der Waals surface area contributed by atoms with Crippen LogP contribution in [0.15, 0.2) is 11.0 Å². The number of nitrogens with one attached hydrogen (secondary N) is 2. The highest BCUT2D eigenvalue weighted by Crippen LogP contribution is 2.36. The summed E-state index contributed by atoms with van der Waals surface area (Å²) in [4.78, 5) is 24.4. The Labute approximate surface area is 121 Å². The topological polar surface area (TPSA) is 84.7 Å². The molecule has 3 rings (SSSR count). The molecule has 112 valence electrons. The molecule has 7 heteroatoms. The zero-order valence-electron chi connectivity index (χ0n) is 12.6. The van der Waals surface area contributed by atoms with Gasteiger partial charge in [0, 0.05) is 37.2 Å². The first kappa shape index (κ1) is 13.7. The summed E-state index contributed by atoms with van der Waals surface area (Å²) in [5.41, 5.74) is 2.26. The minimum atomic E-state index is -0.244. The third kappa shape index (κ3) is 2.09. The molecule has 0 spiro atoms. The zero-order valence-corrected chi connectivity index (χ0v) is 12.6. The molecule has 2 aromatic heterocycles. The Morgan fingerprint density at radius 3 is 2.67 bits per heavy atom. The molecule has 0 unspecified atom stereocenters. The monoisotopic (exact) mass is 289 g/mol. The van der Waals surface area contributed by atoms with Crippen LogP contribution in [-0.4, -0.2) is 25.5 Å². The molecule has 2 aromatic rings. The maximum absolute atomic E-state index is 12.3. The van der Waals surface area contributed by atoms with Gasteiger partial charge in [0.25, 0.3) is 5.56 Å². The van der Waals surface area contributed by atoms with Crippen LogP contribution in [0.3, 0.4) is 0 Å². The maximum atomic E-state index is 12.3. The van der Waals surface area contributed by atoms with Gasteiger partial charge in [-0.2, -0.15) is 5.10 Å². The number of H-pyrrole nitrogens is 1. The Balaban J connectivity index is 2.21. The van der Waals surface area contributed by atoms with Crippen molar-refractivity contribution in [1.29, 1.82) is 0 Å². The minimum absolute atomic E-state index is 0.0653. The van der Waals surface area contributed by atoms with E-state index in [-0.39, 0.29) is 29.8 Å². The summed E-state index contributed by atoms with van der Waals surface area (Å²) in [6.07, 6.45) is 2.15. The Morgan fingerprint density at radius 1 is 1.38 bits per heavy atom. The SMILES string of the molecule is Cc1nn(C)cc1[C@@H]1CC(=O)Nc2c1c(=O)[nH]n2C(C)C. The molecule has 0 saturated heterocycles. The molecule has 7 nitrogen and oxygen atoms in total. The number of aromatic amines is 1. The summed E-state index contributed by atoms with van der Waals surface area (Å²) in [6, 6.07) is 0.0653. The highest BCUT2D eigenvalue weighted by atomic mass is 16.2. The average molecular weight is 289 g/mol. The van der Waals surface area contributed by atoms with E-state index in [1.54, 1.807) is 9.36 Å². The molecule has 0 bridgehead atoms. The van der Waals surface area contributed by atoms with Crippen LogP contribution in [0.4, 0.5) is 5.82 Å². The van der Waals surface area contributed by atoms with Crippen LogP contribution in [-0.2, 0) is 11.8 Å². The molecule has 3 heterocycles. The van der Waals surface area contributed by atoms with Gasteiger partial charge in [-0.05, 0) is 20.8 Å². The second-order valence-corrected chi connectivity index (χ2v) is 5.82. The number of aromatic nitrogens is 4. The van der Waals surface area contributed by atoms with Crippen molar-refractivity contribution >= 4 is 11.7 Å². The van der Waals surface area contributed by atoms with Gasteiger partial charge in [0.1, 0.15) is 5.82 Å². The number of carbonyl (C=O) groups is 1. The Morgan fingerprint density at radius 2 is 2.10 bits per heavy atom. The first-order chi connectivity index (χ1) is 9.88. The number of hydrogen-bond acceptors (Lipinski definition) is 3. The molecule has 1 atom stereocenters. The van der Waals surface area contributed by atoms with Crippen molar-refractivity contribution in [3.63, 3.8) is 0 Å². The number of hydrogen-bond donors (Lipinski definition) is 2. The fraction of sp³-hybridized carbons (Fsp3) is 0.500. The Bertz CT molecular complexity index is 765. The molecule has 0 fully saturated rings. The third-order valence-corrected chi connectivity index (χ3v) is 3.90. The average Bonchev–Trinajstić information content (AvgIpc) is 2.89. The summed E-state index contributed by atoms with van der Waals surface area (Å²) < 4.78 is 3.43. The Hall–Kier alpha value is -2.31. The predicted octanol–water partition coefficient (Wildman–Crippen LogP) is 1.27. The van der Waals surface area contributed by atoms with Crippen LogP contribution in [0.25, 0.3) is 0 Å². The number of rotatable bonds is 2. The second-order valence-electron chi connectivity index (χ2n) is 5.82. The van der Waals surface area contributed by atoms with E-state index in [4.69, 9.17) is 0 Å². The largest absolute Gasteiger partial charge is 0.311 e. The summed E-state index contributed by atoms with van der Waals surface area (Å²) in [5, 5.41) is 9.96.